The molecule has 8 heteroatoms. The van der Waals surface area contributed by atoms with Crippen LogP contribution in [0.1, 0.15) is 0 Å². The molecule has 1 N–H and O–H groups in total. The Labute approximate surface area is 134 Å². The molecule has 0 saturated heterocycles. The highest BCUT2D eigenvalue weighted by atomic mass is 32.2. The van der Waals surface area contributed by atoms with E-state index in [2.05, 4.69) is 10.3 Å². The molecule has 0 aliphatic heterocycles. The van der Waals surface area contributed by atoms with Gasteiger partial charge in [0, 0.05) is 20.4 Å². The number of carbonyl (C=O) groups excluding carboxylic acids is 1. The molecule has 114 valence electrons. The fourth-order valence-electron chi connectivity index (χ4n) is 1.32. The van der Waals surface area contributed by atoms with Crippen molar-refractivity contribution in [3.8, 4) is 0 Å². The highest BCUT2D eigenvalue weighted by molar-refractivity contribution is 8.00. The number of aliphatic imine (C=N–C) groups is 1. The standard InChI is InChI=1S/C13H18N4O2S2/c1-16(2)13(20)15-11(19-3)14-12(18)17(21-4)10-8-6-5-7-9-10/h5-9H,1-4H3,(H,14,15,18,20). The minimum absolute atomic E-state index is 0.0497. The van der Waals surface area contributed by atoms with Crippen molar-refractivity contribution in [1.29, 1.82) is 0 Å². The van der Waals surface area contributed by atoms with E-state index in [9.17, 15) is 4.79 Å². The van der Waals surface area contributed by atoms with Crippen molar-refractivity contribution >= 4 is 47.0 Å². The highest BCUT2D eigenvalue weighted by Gasteiger charge is 2.17. The fourth-order valence-corrected chi connectivity index (χ4v) is 1.95. The van der Waals surface area contributed by atoms with E-state index in [-0.39, 0.29) is 12.1 Å². The van der Waals surface area contributed by atoms with Gasteiger partial charge in [0.15, 0.2) is 5.11 Å². The second-order valence-electron chi connectivity index (χ2n) is 4.04. The number of benzene rings is 1. The Morgan fingerprint density at radius 2 is 1.95 bits per heavy atom. The van der Waals surface area contributed by atoms with Crippen molar-refractivity contribution < 1.29 is 9.53 Å². The van der Waals surface area contributed by atoms with Gasteiger partial charge in [-0.1, -0.05) is 18.2 Å². The smallest absolute Gasteiger partial charge is 0.340 e. The van der Waals surface area contributed by atoms with Crippen LogP contribution < -0.4 is 9.62 Å². The van der Waals surface area contributed by atoms with Gasteiger partial charge in [0.25, 0.3) is 6.02 Å². The van der Waals surface area contributed by atoms with Gasteiger partial charge in [-0.05, 0) is 36.3 Å². The second kappa shape index (κ2) is 8.48. The molecule has 0 heterocycles. The highest BCUT2D eigenvalue weighted by Crippen LogP contribution is 2.19. The Hall–Kier alpha value is -1.80. The third-order valence-electron chi connectivity index (χ3n) is 2.34. The van der Waals surface area contributed by atoms with Crippen molar-refractivity contribution in [3.63, 3.8) is 0 Å². The maximum atomic E-state index is 12.3. The van der Waals surface area contributed by atoms with E-state index in [1.807, 2.05) is 30.3 Å². The number of urea groups is 1. The maximum Gasteiger partial charge on any atom is 0.340 e. The number of amidine groups is 1. The van der Waals surface area contributed by atoms with E-state index in [1.165, 1.54) is 23.4 Å². The molecule has 0 bridgehead atoms. The minimum Gasteiger partial charge on any atom is -0.468 e. The van der Waals surface area contributed by atoms with Crippen LogP contribution in [0.2, 0.25) is 0 Å². The van der Waals surface area contributed by atoms with Gasteiger partial charge < -0.3 is 9.64 Å². The van der Waals surface area contributed by atoms with E-state index < -0.39 is 0 Å². The number of nitrogens with one attached hydrogen (secondary N) is 1. The lowest BCUT2D eigenvalue weighted by Gasteiger charge is -2.20. The maximum absolute atomic E-state index is 12.3. The SMILES string of the molecule is COC(=NC(=S)N(C)C)NC(=O)N(SC)c1ccccc1. The van der Waals surface area contributed by atoms with Crippen molar-refractivity contribution in [2.24, 2.45) is 4.99 Å². The van der Waals surface area contributed by atoms with E-state index in [0.29, 0.717) is 5.11 Å². The third-order valence-corrected chi connectivity index (χ3v) is 3.54. The monoisotopic (exact) mass is 326 g/mol. The summed E-state index contributed by atoms with van der Waals surface area (Å²) in [6, 6.07) is 8.96. The van der Waals surface area contributed by atoms with Crippen LogP contribution in [-0.4, -0.2) is 49.5 Å². The number of anilines is 1. The van der Waals surface area contributed by atoms with Crippen LogP contribution in [0, 0.1) is 0 Å². The molecule has 0 aromatic heterocycles. The molecule has 1 aromatic carbocycles. The van der Waals surface area contributed by atoms with Gasteiger partial charge in [-0.15, -0.1) is 0 Å². The summed E-state index contributed by atoms with van der Waals surface area (Å²) in [5.41, 5.74) is 0.758. The zero-order chi connectivity index (χ0) is 15.8. The molecule has 0 saturated carbocycles. The van der Waals surface area contributed by atoms with Gasteiger partial charge in [0.2, 0.25) is 0 Å². The van der Waals surface area contributed by atoms with E-state index >= 15 is 0 Å². The van der Waals surface area contributed by atoms with E-state index in [0.717, 1.165) is 5.69 Å². The molecule has 6 nitrogen and oxygen atoms in total. The zero-order valence-corrected chi connectivity index (χ0v) is 14.0. The van der Waals surface area contributed by atoms with Crippen molar-refractivity contribution in [2.45, 2.75) is 0 Å². The molecule has 0 spiro atoms. The number of para-hydroxylation sites is 1. The van der Waals surface area contributed by atoms with Crippen LogP contribution in [0.3, 0.4) is 0 Å². The predicted molar refractivity (Wildman–Crippen MR) is 91.7 cm³/mol. The number of amides is 2. The molecule has 0 fully saturated rings. The van der Waals surface area contributed by atoms with Crippen LogP contribution >= 0.6 is 24.2 Å². The van der Waals surface area contributed by atoms with Crippen LogP contribution in [0.4, 0.5) is 10.5 Å². The van der Waals surface area contributed by atoms with Crippen molar-refractivity contribution in [3.05, 3.63) is 30.3 Å². The molecule has 1 aromatic rings. The number of carbonyl (C=O) groups is 1. The Morgan fingerprint density at radius 1 is 1.33 bits per heavy atom. The summed E-state index contributed by atoms with van der Waals surface area (Å²) in [5, 5.41) is 2.89. The van der Waals surface area contributed by atoms with Gasteiger partial charge in [0.05, 0.1) is 12.8 Å². The molecule has 0 unspecified atom stereocenters. The average molecular weight is 326 g/mol. The number of thiocarbonyl (C=S) groups is 1. The van der Waals surface area contributed by atoms with Gasteiger partial charge in [0.1, 0.15) is 0 Å². The summed E-state index contributed by atoms with van der Waals surface area (Å²) in [6.07, 6.45) is 1.81. The van der Waals surface area contributed by atoms with Gasteiger partial charge in [-0.3, -0.25) is 5.32 Å². The lowest BCUT2D eigenvalue weighted by Crippen LogP contribution is -2.41. The molecular weight excluding hydrogens is 308 g/mol. The van der Waals surface area contributed by atoms with Gasteiger partial charge in [-0.25, -0.2) is 9.10 Å². The fraction of sp³-hybridized carbons (Fsp3) is 0.308. The molecule has 21 heavy (non-hydrogen) atoms. The minimum atomic E-state index is -0.365. The zero-order valence-electron chi connectivity index (χ0n) is 12.4. The van der Waals surface area contributed by atoms with Crippen molar-refractivity contribution in [1.82, 2.24) is 10.2 Å². The summed E-state index contributed by atoms with van der Waals surface area (Å²) in [7, 11) is 4.95. The third kappa shape index (κ3) is 5.24. The largest absolute Gasteiger partial charge is 0.468 e. The second-order valence-corrected chi connectivity index (χ2v) is 5.14. The summed E-state index contributed by atoms with van der Waals surface area (Å²) in [4.78, 5) is 17.9. The first kappa shape index (κ1) is 17.3. The van der Waals surface area contributed by atoms with Gasteiger partial charge >= 0.3 is 6.03 Å². The van der Waals surface area contributed by atoms with Gasteiger partial charge in [-0.2, -0.15) is 4.99 Å². The lowest BCUT2D eigenvalue weighted by molar-refractivity contribution is 0.251. The summed E-state index contributed by atoms with van der Waals surface area (Å²) in [6.45, 7) is 0. The number of rotatable bonds is 2. The number of hydrogen-bond acceptors (Lipinski definition) is 4. The Balaban J connectivity index is 2.84. The molecule has 0 aliphatic carbocycles. The van der Waals surface area contributed by atoms with E-state index in [4.69, 9.17) is 17.0 Å². The van der Waals surface area contributed by atoms with Crippen LogP contribution in [0.25, 0.3) is 0 Å². The Bertz CT molecular complexity index is 520. The number of hydrogen-bond donors (Lipinski definition) is 1. The van der Waals surface area contributed by atoms with Crippen molar-refractivity contribution in [2.75, 3.05) is 31.8 Å². The lowest BCUT2D eigenvalue weighted by atomic mass is 10.3. The first-order valence-electron chi connectivity index (χ1n) is 6.03. The predicted octanol–water partition coefficient (Wildman–Crippen LogP) is 2.33. The Morgan fingerprint density at radius 3 is 2.43 bits per heavy atom. The first-order chi connectivity index (χ1) is 9.99. The average Bonchev–Trinajstić information content (AvgIpc) is 2.48. The number of nitrogens with zero attached hydrogens (tertiary/aromatic N) is 3. The van der Waals surface area contributed by atoms with Crippen LogP contribution in [-0.2, 0) is 4.74 Å². The molecular formula is C13H18N4O2S2. The molecule has 0 radical (unpaired) electrons. The summed E-state index contributed by atoms with van der Waals surface area (Å²) < 4.78 is 6.53. The van der Waals surface area contributed by atoms with Crippen LogP contribution in [0.5, 0.6) is 0 Å². The van der Waals surface area contributed by atoms with Crippen LogP contribution in [0.15, 0.2) is 35.3 Å². The molecule has 0 aliphatic rings. The topological polar surface area (TPSA) is 57.2 Å². The molecule has 0 atom stereocenters. The Kier molecular flexibility index (Phi) is 6.97. The molecule has 2 amide bonds. The number of methoxy groups -OCH3 is 1. The number of ether oxygens (including phenoxy) is 1. The molecule has 1 rings (SSSR count). The normalized spacial score (nSPS) is 10.8. The summed E-state index contributed by atoms with van der Waals surface area (Å²) >= 11 is 6.33. The first-order valence-corrected chi connectivity index (χ1v) is 7.62. The van der Waals surface area contributed by atoms with E-state index in [1.54, 1.807) is 25.3 Å². The summed E-state index contributed by atoms with van der Waals surface area (Å²) in [5.74, 6) is 0. The quantitative estimate of drug-likeness (QED) is 0.391.